The topological polar surface area (TPSA) is 74.6 Å². The fourth-order valence-electron chi connectivity index (χ4n) is 4.68. The molecular weight excluding hydrogens is 316 g/mol. The maximum atomic E-state index is 12.3. The van der Waals surface area contributed by atoms with Gasteiger partial charge < -0.3 is 10.2 Å². The van der Waals surface area contributed by atoms with Gasteiger partial charge in [-0.1, -0.05) is 48.5 Å². The molecule has 0 amide bonds. The van der Waals surface area contributed by atoms with Crippen molar-refractivity contribution < 1.29 is 19.8 Å². The van der Waals surface area contributed by atoms with Crippen LogP contribution in [-0.2, 0) is 15.0 Å². The number of fused-ring (bicyclic) bond motifs is 3. The lowest BCUT2D eigenvalue weighted by Gasteiger charge is -2.51. The summed E-state index contributed by atoms with van der Waals surface area (Å²) in [7, 11) is 0. The average Bonchev–Trinajstić information content (AvgIpc) is 2.87. The SMILES string of the molecule is CC(C)(C(=O)O)C1(C(C)(C)C(=O)O)c2ccccc2-c2ccccc21. The van der Waals surface area contributed by atoms with Crippen LogP contribution in [0.2, 0.25) is 0 Å². The molecule has 2 aromatic rings. The third-order valence-electron chi connectivity index (χ3n) is 5.90. The normalized spacial score (nSPS) is 15.4. The van der Waals surface area contributed by atoms with Gasteiger partial charge in [-0.05, 0) is 49.9 Å². The average molecular weight is 338 g/mol. The van der Waals surface area contributed by atoms with Gasteiger partial charge in [-0.2, -0.15) is 0 Å². The summed E-state index contributed by atoms with van der Waals surface area (Å²) in [6.07, 6.45) is 0. The summed E-state index contributed by atoms with van der Waals surface area (Å²) in [5, 5.41) is 20.1. The van der Waals surface area contributed by atoms with Gasteiger partial charge in [0.1, 0.15) is 0 Å². The van der Waals surface area contributed by atoms with Crippen LogP contribution in [0.15, 0.2) is 48.5 Å². The van der Waals surface area contributed by atoms with Crippen LogP contribution in [0.25, 0.3) is 11.1 Å². The Morgan fingerprint density at radius 1 is 0.720 bits per heavy atom. The third kappa shape index (κ3) is 1.88. The Labute approximate surface area is 147 Å². The first-order valence-corrected chi connectivity index (χ1v) is 8.26. The maximum absolute atomic E-state index is 12.3. The van der Waals surface area contributed by atoms with Crippen molar-refractivity contribution in [3.8, 4) is 11.1 Å². The van der Waals surface area contributed by atoms with E-state index < -0.39 is 28.2 Å². The van der Waals surface area contributed by atoms with Crippen molar-refractivity contribution in [1.82, 2.24) is 0 Å². The van der Waals surface area contributed by atoms with E-state index in [4.69, 9.17) is 0 Å². The number of aliphatic carboxylic acids is 2. The van der Waals surface area contributed by atoms with E-state index in [1.165, 1.54) is 0 Å². The summed E-state index contributed by atoms with van der Waals surface area (Å²) < 4.78 is 0. The zero-order chi connectivity index (χ0) is 18.6. The molecule has 1 aliphatic carbocycles. The van der Waals surface area contributed by atoms with Crippen LogP contribution >= 0.6 is 0 Å². The third-order valence-corrected chi connectivity index (χ3v) is 5.90. The smallest absolute Gasteiger partial charge is 0.310 e. The largest absolute Gasteiger partial charge is 0.481 e. The first-order chi connectivity index (χ1) is 11.6. The quantitative estimate of drug-likeness (QED) is 0.877. The molecule has 1 aliphatic rings. The summed E-state index contributed by atoms with van der Waals surface area (Å²) in [6, 6.07) is 15.1. The number of rotatable bonds is 4. The lowest BCUT2D eigenvalue weighted by molar-refractivity contribution is -0.162. The van der Waals surface area contributed by atoms with Gasteiger partial charge in [0.15, 0.2) is 0 Å². The van der Waals surface area contributed by atoms with Crippen LogP contribution in [0.3, 0.4) is 0 Å². The van der Waals surface area contributed by atoms with E-state index in [1.807, 2.05) is 48.5 Å². The van der Waals surface area contributed by atoms with Crippen LogP contribution in [0.5, 0.6) is 0 Å². The van der Waals surface area contributed by atoms with Crippen molar-refractivity contribution in [2.24, 2.45) is 10.8 Å². The van der Waals surface area contributed by atoms with Crippen molar-refractivity contribution in [2.75, 3.05) is 0 Å². The highest BCUT2D eigenvalue weighted by atomic mass is 16.4. The van der Waals surface area contributed by atoms with Gasteiger partial charge in [-0.25, -0.2) is 0 Å². The molecule has 25 heavy (non-hydrogen) atoms. The maximum Gasteiger partial charge on any atom is 0.310 e. The Balaban J connectivity index is 2.57. The molecule has 0 aliphatic heterocycles. The minimum Gasteiger partial charge on any atom is -0.481 e. The Bertz CT molecular complexity index is 803. The Morgan fingerprint density at radius 2 is 1.04 bits per heavy atom. The van der Waals surface area contributed by atoms with Gasteiger partial charge in [0.05, 0.1) is 16.2 Å². The number of carboxylic acid groups (broad SMARTS) is 2. The predicted molar refractivity (Wildman–Crippen MR) is 95.5 cm³/mol. The second-order valence-corrected chi connectivity index (χ2v) is 7.70. The first-order valence-electron chi connectivity index (χ1n) is 8.26. The van der Waals surface area contributed by atoms with Crippen molar-refractivity contribution >= 4 is 11.9 Å². The predicted octanol–water partition coefficient (Wildman–Crippen LogP) is 4.17. The molecule has 0 saturated carbocycles. The highest BCUT2D eigenvalue weighted by molar-refractivity contribution is 5.92. The standard InChI is InChI=1S/C21H22O4/c1-19(2,17(22)23)21(20(3,4)18(24)25)15-11-7-5-9-13(15)14-10-6-8-12-16(14)21/h5-12H,1-4H3,(H,22,23)(H,24,25). The number of benzene rings is 2. The number of hydrogen-bond donors (Lipinski definition) is 2. The van der Waals surface area contributed by atoms with Crippen molar-refractivity contribution in [3.05, 3.63) is 59.7 Å². The molecule has 0 fully saturated rings. The lowest BCUT2D eigenvalue weighted by atomic mass is 9.48. The van der Waals surface area contributed by atoms with Crippen molar-refractivity contribution in [2.45, 2.75) is 33.1 Å². The fraction of sp³-hybridized carbons (Fsp3) is 0.333. The van der Waals surface area contributed by atoms with Gasteiger partial charge in [0, 0.05) is 0 Å². The highest BCUT2D eigenvalue weighted by Crippen LogP contribution is 2.64. The number of hydrogen-bond acceptors (Lipinski definition) is 2. The molecule has 2 N–H and O–H groups in total. The highest BCUT2D eigenvalue weighted by Gasteiger charge is 2.66. The van der Waals surface area contributed by atoms with Gasteiger partial charge in [0.25, 0.3) is 0 Å². The zero-order valence-electron chi connectivity index (χ0n) is 14.8. The van der Waals surface area contributed by atoms with Crippen LogP contribution in [-0.4, -0.2) is 22.2 Å². The van der Waals surface area contributed by atoms with Gasteiger partial charge in [0.2, 0.25) is 0 Å². The second-order valence-electron chi connectivity index (χ2n) is 7.70. The van der Waals surface area contributed by atoms with E-state index in [-0.39, 0.29) is 0 Å². The molecule has 0 unspecified atom stereocenters. The van der Waals surface area contributed by atoms with Gasteiger partial charge in [-0.15, -0.1) is 0 Å². The number of carboxylic acids is 2. The van der Waals surface area contributed by atoms with Crippen LogP contribution in [0.1, 0.15) is 38.8 Å². The fourth-order valence-corrected chi connectivity index (χ4v) is 4.68. The van der Waals surface area contributed by atoms with E-state index in [1.54, 1.807) is 27.7 Å². The van der Waals surface area contributed by atoms with Crippen LogP contribution < -0.4 is 0 Å². The van der Waals surface area contributed by atoms with E-state index in [2.05, 4.69) is 0 Å². The molecule has 0 bridgehead atoms. The first kappa shape index (κ1) is 17.2. The van der Waals surface area contributed by atoms with E-state index in [9.17, 15) is 19.8 Å². The number of carbonyl (C=O) groups is 2. The lowest BCUT2D eigenvalue weighted by Crippen LogP contribution is -2.58. The molecule has 0 saturated heterocycles. The molecular formula is C21H22O4. The zero-order valence-corrected chi connectivity index (χ0v) is 14.8. The molecule has 0 radical (unpaired) electrons. The Kier molecular flexibility index (Phi) is 3.57. The Morgan fingerprint density at radius 3 is 1.36 bits per heavy atom. The van der Waals surface area contributed by atoms with E-state index in [0.29, 0.717) is 0 Å². The molecule has 0 spiro atoms. The summed E-state index contributed by atoms with van der Waals surface area (Å²) in [6.45, 7) is 6.50. The van der Waals surface area contributed by atoms with Gasteiger partial charge >= 0.3 is 11.9 Å². The monoisotopic (exact) mass is 338 g/mol. The molecule has 4 heteroatoms. The summed E-state index contributed by atoms with van der Waals surface area (Å²) in [5.41, 5.74) is -0.546. The molecule has 2 aromatic carbocycles. The summed E-state index contributed by atoms with van der Waals surface area (Å²) in [4.78, 5) is 24.6. The van der Waals surface area contributed by atoms with E-state index >= 15 is 0 Å². The minimum atomic E-state index is -1.34. The van der Waals surface area contributed by atoms with Gasteiger partial charge in [-0.3, -0.25) is 9.59 Å². The minimum absolute atomic E-state index is 0.760. The molecule has 0 heterocycles. The van der Waals surface area contributed by atoms with E-state index in [0.717, 1.165) is 22.3 Å². The summed E-state index contributed by atoms with van der Waals surface area (Å²) >= 11 is 0. The molecule has 3 rings (SSSR count). The Hall–Kier alpha value is -2.62. The molecule has 0 atom stereocenters. The van der Waals surface area contributed by atoms with Crippen molar-refractivity contribution in [3.63, 3.8) is 0 Å². The van der Waals surface area contributed by atoms with Crippen LogP contribution in [0, 0.1) is 10.8 Å². The summed E-state index contributed by atoms with van der Waals surface area (Å²) in [5.74, 6) is -2.04. The van der Waals surface area contributed by atoms with Crippen molar-refractivity contribution in [1.29, 1.82) is 0 Å². The molecule has 4 nitrogen and oxygen atoms in total. The molecule has 130 valence electrons. The second kappa shape index (κ2) is 5.19. The molecule has 0 aromatic heterocycles. The van der Waals surface area contributed by atoms with Crippen LogP contribution in [0.4, 0.5) is 0 Å².